The number of hydrogen-bond donors (Lipinski definition) is 3. The van der Waals surface area contributed by atoms with Crippen LogP contribution in [0.5, 0.6) is 5.75 Å². The molecule has 3 N–H and O–H groups in total. The van der Waals surface area contributed by atoms with Crippen LogP contribution in [0.3, 0.4) is 0 Å². The van der Waals surface area contributed by atoms with Gasteiger partial charge in [0.15, 0.2) is 0 Å². The van der Waals surface area contributed by atoms with Crippen molar-refractivity contribution in [2.45, 2.75) is 19.0 Å². The van der Waals surface area contributed by atoms with Crippen molar-refractivity contribution in [3.05, 3.63) is 125 Å². The van der Waals surface area contributed by atoms with Gasteiger partial charge in [-0.15, -0.1) is 0 Å². The molecule has 0 fully saturated rings. The molecule has 4 aromatic rings. The molecule has 4 rings (SSSR count). The van der Waals surface area contributed by atoms with Gasteiger partial charge in [0.2, 0.25) is 0 Å². The number of carboxylic acids is 1. The van der Waals surface area contributed by atoms with Crippen LogP contribution in [0.25, 0.3) is 11.1 Å². The Morgan fingerprint density at radius 1 is 0.805 bits per heavy atom. The van der Waals surface area contributed by atoms with E-state index in [1.165, 1.54) is 4.90 Å². The maximum absolute atomic E-state index is 13.9. The Hall–Kier alpha value is -4.95. The van der Waals surface area contributed by atoms with Gasteiger partial charge in [0, 0.05) is 24.2 Å². The van der Waals surface area contributed by atoms with E-state index in [1.807, 2.05) is 42.5 Å². The lowest BCUT2D eigenvalue weighted by molar-refractivity contribution is -0.137. The number of carboxylic acid groups (broad SMARTS) is 1. The summed E-state index contributed by atoms with van der Waals surface area (Å²) in [6, 6.07) is 29.7. The minimum atomic E-state index is -1.01. The lowest BCUT2D eigenvalue weighted by Crippen LogP contribution is -2.33. The van der Waals surface area contributed by atoms with Crippen molar-refractivity contribution in [2.24, 2.45) is 0 Å². The van der Waals surface area contributed by atoms with Crippen molar-refractivity contribution < 1.29 is 29.3 Å². The van der Waals surface area contributed by atoms with Gasteiger partial charge in [0.05, 0.1) is 26.2 Å². The third kappa shape index (κ3) is 7.38. The fourth-order valence-electron chi connectivity index (χ4n) is 4.58. The van der Waals surface area contributed by atoms with E-state index in [9.17, 15) is 24.6 Å². The van der Waals surface area contributed by atoms with Crippen molar-refractivity contribution in [1.29, 1.82) is 0 Å². The summed E-state index contributed by atoms with van der Waals surface area (Å²) in [7, 11) is 1.57. The largest absolute Gasteiger partial charge is 0.497 e. The summed E-state index contributed by atoms with van der Waals surface area (Å²) >= 11 is 0. The Labute approximate surface area is 238 Å². The number of aliphatic hydroxyl groups excluding tert-OH is 1. The van der Waals surface area contributed by atoms with Crippen LogP contribution >= 0.6 is 0 Å². The Bertz CT molecular complexity index is 1490. The number of methoxy groups -OCH3 is 1. The van der Waals surface area contributed by atoms with Gasteiger partial charge in [0.25, 0.3) is 11.8 Å². The molecule has 8 heteroatoms. The van der Waals surface area contributed by atoms with Gasteiger partial charge in [-0.05, 0) is 46.5 Å². The number of ether oxygens (including phenoxy) is 1. The highest BCUT2D eigenvalue weighted by molar-refractivity contribution is 6.06. The molecule has 2 amide bonds. The lowest BCUT2D eigenvalue weighted by Gasteiger charge is -2.24. The van der Waals surface area contributed by atoms with Crippen LogP contribution in [-0.4, -0.2) is 53.2 Å². The predicted octanol–water partition coefficient (Wildman–Crippen LogP) is 4.94. The zero-order chi connectivity index (χ0) is 29.2. The van der Waals surface area contributed by atoms with Gasteiger partial charge in [-0.25, -0.2) is 0 Å². The van der Waals surface area contributed by atoms with Crippen molar-refractivity contribution in [3.8, 4) is 16.9 Å². The molecular formula is C33H32N2O6. The van der Waals surface area contributed by atoms with Crippen molar-refractivity contribution >= 4 is 17.8 Å². The number of nitrogens with zero attached hydrogens (tertiary/aromatic N) is 1. The third-order valence-corrected chi connectivity index (χ3v) is 6.72. The second-order valence-electron chi connectivity index (χ2n) is 9.43. The quantitative estimate of drug-likeness (QED) is 0.229. The molecule has 0 aliphatic heterocycles. The Balaban J connectivity index is 1.67. The molecule has 0 radical (unpaired) electrons. The molecule has 0 aromatic heterocycles. The average Bonchev–Trinajstić information content (AvgIpc) is 3.02. The summed E-state index contributed by atoms with van der Waals surface area (Å²) in [6.45, 7) is -0.0787. The van der Waals surface area contributed by atoms with Gasteiger partial charge in [-0.2, -0.15) is 0 Å². The van der Waals surface area contributed by atoms with Crippen LogP contribution in [0, 0.1) is 0 Å². The number of carbonyl (C=O) groups excluding carboxylic acids is 2. The maximum Gasteiger partial charge on any atom is 0.305 e. The summed E-state index contributed by atoms with van der Waals surface area (Å²) < 4.78 is 5.22. The maximum atomic E-state index is 13.9. The number of amides is 2. The third-order valence-electron chi connectivity index (χ3n) is 6.72. The van der Waals surface area contributed by atoms with Crippen molar-refractivity contribution in [1.82, 2.24) is 10.2 Å². The van der Waals surface area contributed by atoms with Crippen LogP contribution in [0.15, 0.2) is 103 Å². The van der Waals surface area contributed by atoms with Crippen molar-refractivity contribution in [2.75, 3.05) is 20.3 Å². The normalized spacial score (nSPS) is 11.4. The van der Waals surface area contributed by atoms with Gasteiger partial charge in [0.1, 0.15) is 5.75 Å². The van der Waals surface area contributed by atoms with Crippen LogP contribution in [0.1, 0.15) is 44.3 Å². The van der Waals surface area contributed by atoms with Crippen LogP contribution in [0.2, 0.25) is 0 Å². The minimum Gasteiger partial charge on any atom is -0.497 e. The predicted molar refractivity (Wildman–Crippen MR) is 156 cm³/mol. The van der Waals surface area contributed by atoms with E-state index in [1.54, 1.807) is 67.8 Å². The highest BCUT2D eigenvalue weighted by Gasteiger charge is 2.24. The van der Waals surface area contributed by atoms with E-state index in [0.29, 0.717) is 28.0 Å². The first-order valence-electron chi connectivity index (χ1n) is 13.2. The Morgan fingerprint density at radius 3 is 2.00 bits per heavy atom. The Kier molecular flexibility index (Phi) is 9.85. The van der Waals surface area contributed by atoms with E-state index in [0.717, 1.165) is 11.1 Å². The van der Waals surface area contributed by atoms with Gasteiger partial charge >= 0.3 is 5.97 Å². The number of rotatable bonds is 12. The van der Waals surface area contributed by atoms with Gasteiger partial charge in [-0.3, -0.25) is 14.4 Å². The van der Waals surface area contributed by atoms with Crippen LogP contribution in [0.4, 0.5) is 0 Å². The first kappa shape index (κ1) is 29.0. The number of nitrogens with one attached hydrogen (secondary N) is 1. The fourth-order valence-corrected chi connectivity index (χ4v) is 4.58. The molecule has 41 heavy (non-hydrogen) atoms. The van der Waals surface area contributed by atoms with Crippen LogP contribution in [-0.2, 0) is 11.3 Å². The molecule has 0 heterocycles. The van der Waals surface area contributed by atoms with Crippen molar-refractivity contribution in [3.63, 3.8) is 0 Å². The average molecular weight is 553 g/mol. The molecule has 0 aliphatic carbocycles. The molecule has 1 unspecified atom stereocenters. The van der Waals surface area contributed by atoms with Gasteiger partial charge < -0.3 is 25.2 Å². The van der Waals surface area contributed by atoms with Gasteiger partial charge in [-0.1, -0.05) is 78.9 Å². The molecule has 0 saturated heterocycles. The summed E-state index contributed by atoms with van der Waals surface area (Å²) in [6.07, 6.45) is -0.217. The van der Waals surface area contributed by atoms with E-state index >= 15 is 0 Å². The molecule has 8 nitrogen and oxygen atoms in total. The molecule has 0 bridgehead atoms. The minimum absolute atomic E-state index is 0.00587. The lowest BCUT2D eigenvalue weighted by atomic mass is 9.94. The second-order valence-corrected chi connectivity index (χ2v) is 9.43. The smallest absolute Gasteiger partial charge is 0.305 e. The number of hydrogen-bond acceptors (Lipinski definition) is 5. The standard InChI is InChI=1S/C33H32N2O6/c1-41-25-17-15-23(16-18-25)21-35(20-19-31(37)38)33(40)29-14-8-6-12-27(29)26-11-5-7-13-28(26)32(39)34-30(22-36)24-9-3-2-4-10-24/h2-18,30,36H,19-22H2,1H3,(H,34,39)(H,37,38). The van der Waals surface area contributed by atoms with E-state index in [4.69, 9.17) is 4.74 Å². The second kappa shape index (κ2) is 13.9. The molecule has 0 spiro atoms. The zero-order valence-electron chi connectivity index (χ0n) is 22.7. The highest BCUT2D eigenvalue weighted by atomic mass is 16.5. The van der Waals surface area contributed by atoms with E-state index in [-0.39, 0.29) is 32.0 Å². The summed E-state index contributed by atoms with van der Waals surface area (Å²) in [5.41, 5.74) is 3.35. The molecule has 0 saturated carbocycles. The molecule has 4 aromatic carbocycles. The highest BCUT2D eigenvalue weighted by Crippen LogP contribution is 2.29. The summed E-state index contributed by atoms with van der Waals surface area (Å²) in [5.74, 6) is -1.09. The summed E-state index contributed by atoms with van der Waals surface area (Å²) in [4.78, 5) is 40.3. The molecule has 0 aliphatic rings. The fraction of sp³-hybridized carbons (Fsp3) is 0.182. The van der Waals surface area contributed by atoms with Crippen LogP contribution < -0.4 is 10.1 Å². The molecule has 210 valence electrons. The van der Waals surface area contributed by atoms with E-state index in [2.05, 4.69) is 5.32 Å². The van der Waals surface area contributed by atoms with E-state index < -0.39 is 17.9 Å². The first-order chi connectivity index (χ1) is 19.9. The first-order valence-corrected chi connectivity index (χ1v) is 13.2. The molecule has 1 atom stereocenters. The zero-order valence-corrected chi connectivity index (χ0v) is 22.7. The number of benzene rings is 4. The SMILES string of the molecule is COc1ccc(CN(CCC(=O)O)C(=O)c2ccccc2-c2ccccc2C(=O)NC(CO)c2ccccc2)cc1. The topological polar surface area (TPSA) is 116 Å². The molecular weight excluding hydrogens is 520 g/mol. The number of aliphatic carboxylic acids is 1. The monoisotopic (exact) mass is 552 g/mol. The Morgan fingerprint density at radius 2 is 1.39 bits per heavy atom. The summed E-state index contributed by atoms with van der Waals surface area (Å²) in [5, 5.41) is 22.2. The number of aliphatic hydroxyl groups is 1. The number of carbonyl (C=O) groups is 3.